The highest BCUT2D eigenvalue weighted by molar-refractivity contribution is 7.91. The molecule has 2 aromatic carbocycles. The summed E-state index contributed by atoms with van der Waals surface area (Å²) in [5, 5.41) is 12.8. The van der Waals surface area contributed by atoms with Gasteiger partial charge in [0, 0.05) is 43.4 Å². The van der Waals surface area contributed by atoms with Crippen molar-refractivity contribution in [2.45, 2.75) is 48.6 Å². The van der Waals surface area contributed by atoms with E-state index in [1.807, 2.05) is 24.3 Å². The first-order valence-electron chi connectivity index (χ1n) is 12.6. The lowest BCUT2D eigenvalue weighted by Gasteiger charge is -2.48. The molecule has 10 nitrogen and oxygen atoms in total. The van der Waals surface area contributed by atoms with E-state index in [1.165, 1.54) is 24.3 Å². The van der Waals surface area contributed by atoms with Crippen molar-refractivity contribution >= 4 is 33.0 Å². The van der Waals surface area contributed by atoms with Gasteiger partial charge in [-0.05, 0) is 55.6 Å². The lowest BCUT2D eigenvalue weighted by Crippen LogP contribution is -2.61. The number of nitro groups is 1. The highest BCUT2D eigenvalue weighted by Gasteiger charge is 2.37. The number of non-ortho nitro benzene ring substituents is 1. The molecule has 0 saturated carbocycles. The van der Waals surface area contributed by atoms with Crippen molar-refractivity contribution in [1.82, 2.24) is 10.2 Å². The Hall–Kier alpha value is -3.31. The minimum absolute atomic E-state index is 0.0470. The molecule has 1 atom stereocenters. The molecular weight excluding hydrogens is 496 g/mol. The molecule has 0 aliphatic carbocycles. The van der Waals surface area contributed by atoms with Crippen LogP contribution in [0.15, 0.2) is 48.5 Å². The molecule has 11 heteroatoms. The molecule has 196 valence electrons. The minimum atomic E-state index is -3.34. The van der Waals surface area contributed by atoms with Crippen LogP contribution in [0.2, 0.25) is 0 Å². The third-order valence-electron chi connectivity index (χ3n) is 7.78. The van der Waals surface area contributed by atoms with Gasteiger partial charge in [-0.1, -0.05) is 24.3 Å². The zero-order valence-electron chi connectivity index (χ0n) is 20.4. The number of rotatable bonds is 7. The number of benzene rings is 2. The van der Waals surface area contributed by atoms with Crippen LogP contribution in [0.1, 0.15) is 42.7 Å². The molecular formula is C26H30N4O6S. The average Bonchev–Trinajstić information content (AvgIpc) is 2.84. The van der Waals surface area contributed by atoms with Crippen molar-refractivity contribution in [3.8, 4) is 0 Å². The van der Waals surface area contributed by atoms with Gasteiger partial charge < -0.3 is 4.90 Å². The van der Waals surface area contributed by atoms with Crippen LogP contribution in [0.5, 0.6) is 0 Å². The summed E-state index contributed by atoms with van der Waals surface area (Å²) in [5.74, 6) is -0.822. The number of nitrogens with zero attached hydrogens (tertiary/aromatic N) is 3. The van der Waals surface area contributed by atoms with Crippen molar-refractivity contribution in [2.75, 3.05) is 31.1 Å². The second-order valence-corrected chi connectivity index (χ2v) is 12.4. The number of carbonyl (C=O) groups excluding carboxylic acids is 2. The summed E-state index contributed by atoms with van der Waals surface area (Å²) in [6.45, 7) is 3.21. The minimum Gasteiger partial charge on any atom is -0.368 e. The van der Waals surface area contributed by atoms with E-state index in [0.29, 0.717) is 37.3 Å². The Kier molecular flexibility index (Phi) is 7.00. The zero-order valence-corrected chi connectivity index (χ0v) is 21.2. The van der Waals surface area contributed by atoms with E-state index >= 15 is 0 Å². The predicted octanol–water partition coefficient (Wildman–Crippen LogP) is 2.38. The predicted molar refractivity (Wildman–Crippen MR) is 138 cm³/mol. The number of hydrogen-bond acceptors (Lipinski definition) is 8. The summed E-state index contributed by atoms with van der Waals surface area (Å²) < 4.78 is 25.9. The molecule has 2 aromatic rings. The number of anilines is 1. The highest BCUT2D eigenvalue weighted by atomic mass is 32.2. The van der Waals surface area contributed by atoms with Gasteiger partial charge in [-0.15, -0.1) is 0 Å². The number of amides is 2. The van der Waals surface area contributed by atoms with E-state index < -0.39 is 20.0 Å². The van der Waals surface area contributed by atoms with E-state index in [2.05, 4.69) is 15.1 Å². The van der Waals surface area contributed by atoms with E-state index in [4.69, 9.17) is 0 Å². The van der Waals surface area contributed by atoms with Gasteiger partial charge in [0.25, 0.3) is 5.69 Å². The van der Waals surface area contributed by atoms with Gasteiger partial charge in [0.1, 0.15) is 0 Å². The number of imide groups is 1. The summed E-state index contributed by atoms with van der Waals surface area (Å²) in [6.07, 6.45) is 2.08. The Labute approximate surface area is 215 Å². The van der Waals surface area contributed by atoms with Crippen molar-refractivity contribution in [2.24, 2.45) is 0 Å². The van der Waals surface area contributed by atoms with Crippen molar-refractivity contribution in [3.63, 3.8) is 0 Å². The molecule has 3 aliphatic heterocycles. The van der Waals surface area contributed by atoms with E-state index in [0.717, 1.165) is 37.4 Å². The zero-order chi connectivity index (χ0) is 26.2. The summed E-state index contributed by atoms with van der Waals surface area (Å²) in [4.78, 5) is 38.5. The van der Waals surface area contributed by atoms with Crippen LogP contribution in [-0.4, -0.2) is 67.5 Å². The number of piperidine rings is 2. The van der Waals surface area contributed by atoms with Crippen molar-refractivity contribution < 1.29 is 22.9 Å². The standard InChI is InChI=1S/C26H30N4O6S/c31-25-10-9-24(26(32)27-25)19-3-7-20(8-4-19)29-15-22(16-29)28-13-11-23(12-14-28)37(35,36)17-18-1-5-21(6-2-18)30(33)34/h1-8,22-24H,9-17H2,(H,27,31,32). The fourth-order valence-electron chi connectivity index (χ4n) is 5.49. The Morgan fingerprint density at radius 3 is 2.19 bits per heavy atom. The summed E-state index contributed by atoms with van der Waals surface area (Å²) >= 11 is 0. The fourth-order valence-corrected chi connectivity index (χ4v) is 7.31. The third kappa shape index (κ3) is 5.52. The number of likely N-dealkylation sites (tertiary alicyclic amines) is 1. The summed E-state index contributed by atoms with van der Waals surface area (Å²) in [7, 11) is -3.34. The highest BCUT2D eigenvalue weighted by Crippen LogP contribution is 2.31. The maximum absolute atomic E-state index is 12.9. The quantitative estimate of drug-likeness (QED) is 0.331. The average molecular weight is 527 g/mol. The lowest BCUT2D eigenvalue weighted by molar-refractivity contribution is -0.384. The van der Waals surface area contributed by atoms with Crippen LogP contribution in [0.25, 0.3) is 0 Å². The molecule has 1 N–H and O–H groups in total. The monoisotopic (exact) mass is 526 g/mol. The smallest absolute Gasteiger partial charge is 0.269 e. The Bertz CT molecular complexity index is 1280. The number of sulfone groups is 1. The van der Waals surface area contributed by atoms with Crippen LogP contribution in [0, 0.1) is 10.1 Å². The Morgan fingerprint density at radius 2 is 1.59 bits per heavy atom. The van der Waals surface area contributed by atoms with Gasteiger partial charge in [-0.3, -0.25) is 29.9 Å². The molecule has 0 spiro atoms. The molecule has 0 aromatic heterocycles. The van der Waals surface area contributed by atoms with Gasteiger partial charge in [0.15, 0.2) is 9.84 Å². The Balaban J connectivity index is 1.09. The fraction of sp³-hybridized carbons (Fsp3) is 0.462. The molecule has 3 heterocycles. The van der Waals surface area contributed by atoms with Gasteiger partial charge in [-0.25, -0.2) is 8.42 Å². The van der Waals surface area contributed by atoms with E-state index in [1.54, 1.807) is 0 Å². The second-order valence-electron chi connectivity index (χ2n) is 10.1. The lowest BCUT2D eigenvalue weighted by atomic mass is 9.90. The van der Waals surface area contributed by atoms with E-state index in [9.17, 15) is 28.1 Å². The maximum atomic E-state index is 12.9. The molecule has 3 saturated heterocycles. The SMILES string of the molecule is O=C1CCC(c2ccc(N3CC(N4CCC(S(=O)(=O)Cc5ccc([N+](=O)[O-])cc5)CC4)C3)cc2)C(=O)N1. The van der Waals surface area contributed by atoms with Crippen LogP contribution in [-0.2, 0) is 25.2 Å². The normalized spacial score (nSPS) is 21.9. The molecule has 1 unspecified atom stereocenters. The van der Waals surface area contributed by atoms with Crippen LogP contribution in [0.3, 0.4) is 0 Å². The van der Waals surface area contributed by atoms with Gasteiger partial charge >= 0.3 is 0 Å². The molecule has 3 aliphatic rings. The van der Waals surface area contributed by atoms with E-state index in [-0.39, 0.29) is 29.2 Å². The number of nitrogens with one attached hydrogen (secondary N) is 1. The van der Waals surface area contributed by atoms with Crippen LogP contribution in [0.4, 0.5) is 11.4 Å². The maximum Gasteiger partial charge on any atom is 0.269 e. The van der Waals surface area contributed by atoms with Crippen molar-refractivity contribution in [1.29, 1.82) is 0 Å². The molecule has 0 radical (unpaired) electrons. The largest absolute Gasteiger partial charge is 0.368 e. The Morgan fingerprint density at radius 1 is 0.946 bits per heavy atom. The molecule has 5 rings (SSSR count). The second kappa shape index (κ2) is 10.2. The first-order valence-corrected chi connectivity index (χ1v) is 14.3. The van der Waals surface area contributed by atoms with Gasteiger partial charge in [0.2, 0.25) is 11.8 Å². The molecule has 37 heavy (non-hydrogen) atoms. The number of hydrogen-bond donors (Lipinski definition) is 1. The van der Waals surface area contributed by atoms with Gasteiger partial charge in [0.05, 0.1) is 21.8 Å². The number of carbonyl (C=O) groups is 2. The summed E-state index contributed by atoms with van der Waals surface area (Å²) in [5.41, 5.74) is 2.54. The molecule has 3 fully saturated rings. The molecule has 2 amide bonds. The first kappa shape index (κ1) is 25.3. The van der Waals surface area contributed by atoms with Crippen LogP contribution >= 0.6 is 0 Å². The number of nitro benzene ring substituents is 1. The van der Waals surface area contributed by atoms with Crippen molar-refractivity contribution in [3.05, 3.63) is 69.8 Å². The van der Waals surface area contributed by atoms with Crippen LogP contribution < -0.4 is 10.2 Å². The third-order valence-corrected chi connectivity index (χ3v) is 10.0. The summed E-state index contributed by atoms with van der Waals surface area (Å²) in [6, 6.07) is 14.1. The molecule has 0 bridgehead atoms. The van der Waals surface area contributed by atoms with Gasteiger partial charge in [-0.2, -0.15) is 0 Å². The first-order chi connectivity index (χ1) is 17.7. The topological polar surface area (TPSA) is 130 Å².